The van der Waals surface area contributed by atoms with Crippen LogP contribution in [0.25, 0.3) is 0 Å². The first kappa shape index (κ1) is 16.3. The number of rotatable bonds is 4. The SMILES string of the molecule is O=C1CC[C@@H](C(=O)N(Cc2nccs2)[C@@H]2CCCc3ccccc32)O1. The number of amides is 1. The topological polar surface area (TPSA) is 59.5 Å². The van der Waals surface area contributed by atoms with Crippen molar-refractivity contribution < 1.29 is 14.3 Å². The lowest BCUT2D eigenvalue weighted by Gasteiger charge is -2.36. The second-order valence-electron chi connectivity index (χ2n) is 6.52. The van der Waals surface area contributed by atoms with Crippen LogP contribution in [0.2, 0.25) is 0 Å². The van der Waals surface area contributed by atoms with Gasteiger partial charge in [0, 0.05) is 24.4 Å². The van der Waals surface area contributed by atoms with E-state index < -0.39 is 6.10 Å². The minimum atomic E-state index is -0.651. The summed E-state index contributed by atoms with van der Waals surface area (Å²) in [6.45, 7) is 0.462. The van der Waals surface area contributed by atoms with E-state index in [4.69, 9.17) is 4.74 Å². The summed E-state index contributed by atoms with van der Waals surface area (Å²) in [4.78, 5) is 30.8. The zero-order valence-corrected chi connectivity index (χ0v) is 14.7. The van der Waals surface area contributed by atoms with Crippen LogP contribution in [0.15, 0.2) is 35.8 Å². The van der Waals surface area contributed by atoms with Crippen molar-refractivity contribution in [1.29, 1.82) is 0 Å². The number of hydrogen-bond donors (Lipinski definition) is 0. The number of benzene rings is 1. The van der Waals surface area contributed by atoms with E-state index in [9.17, 15) is 9.59 Å². The molecule has 2 aromatic rings. The first-order chi connectivity index (χ1) is 12.2. The summed E-state index contributed by atoms with van der Waals surface area (Å²) in [6.07, 6.45) is 4.92. The molecule has 2 heterocycles. The van der Waals surface area contributed by atoms with Crippen LogP contribution < -0.4 is 0 Å². The molecular formula is C19H20N2O3S. The van der Waals surface area contributed by atoms with Crippen LogP contribution in [0.4, 0.5) is 0 Å². The molecule has 5 nitrogen and oxygen atoms in total. The van der Waals surface area contributed by atoms with Crippen LogP contribution in [0.5, 0.6) is 0 Å². The fourth-order valence-electron chi connectivity index (χ4n) is 3.75. The third-order valence-electron chi connectivity index (χ3n) is 4.95. The average molecular weight is 356 g/mol. The number of hydrogen-bond acceptors (Lipinski definition) is 5. The van der Waals surface area contributed by atoms with Crippen LogP contribution in [0.3, 0.4) is 0 Å². The van der Waals surface area contributed by atoms with E-state index >= 15 is 0 Å². The third-order valence-corrected chi connectivity index (χ3v) is 5.71. The molecule has 0 radical (unpaired) electrons. The molecule has 0 N–H and O–H groups in total. The second-order valence-corrected chi connectivity index (χ2v) is 7.50. The number of aryl methyl sites for hydroxylation is 1. The van der Waals surface area contributed by atoms with Crippen LogP contribution >= 0.6 is 11.3 Å². The Morgan fingerprint density at radius 1 is 1.28 bits per heavy atom. The smallest absolute Gasteiger partial charge is 0.306 e. The molecule has 1 fully saturated rings. The zero-order valence-electron chi connectivity index (χ0n) is 13.9. The summed E-state index contributed by atoms with van der Waals surface area (Å²) in [5, 5.41) is 2.82. The highest BCUT2D eigenvalue weighted by Gasteiger charge is 2.37. The Kier molecular flexibility index (Phi) is 4.53. The molecule has 1 aromatic heterocycles. The molecule has 1 aliphatic heterocycles. The van der Waals surface area contributed by atoms with Crippen molar-refractivity contribution in [2.45, 2.75) is 50.8 Å². The quantitative estimate of drug-likeness (QED) is 0.789. The van der Waals surface area contributed by atoms with Gasteiger partial charge in [-0.25, -0.2) is 4.98 Å². The summed E-state index contributed by atoms with van der Waals surface area (Å²) >= 11 is 1.54. The van der Waals surface area contributed by atoms with E-state index in [1.54, 1.807) is 17.5 Å². The van der Waals surface area contributed by atoms with E-state index in [1.807, 2.05) is 22.4 Å². The Morgan fingerprint density at radius 3 is 2.92 bits per heavy atom. The molecule has 2 aliphatic rings. The van der Waals surface area contributed by atoms with Crippen molar-refractivity contribution in [1.82, 2.24) is 9.88 Å². The molecule has 0 unspecified atom stereocenters. The molecule has 25 heavy (non-hydrogen) atoms. The largest absolute Gasteiger partial charge is 0.452 e. The summed E-state index contributed by atoms with van der Waals surface area (Å²) < 4.78 is 5.25. The van der Waals surface area contributed by atoms with Gasteiger partial charge in [0.2, 0.25) is 0 Å². The lowest BCUT2D eigenvalue weighted by atomic mass is 9.86. The monoisotopic (exact) mass is 356 g/mol. The number of carbonyl (C=O) groups excluding carboxylic acids is 2. The third kappa shape index (κ3) is 3.31. The highest BCUT2D eigenvalue weighted by atomic mass is 32.1. The van der Waals surface area contributed by atoms with Crippen molar-refractivity contribution in [3.05, 3.63) is 52.0 Å². The molecule has 1 aliphatic carbocycles. The maximum Gasteiger partial charge on any atom is 0.306 e. The van der Waals surface area contributed by atoms with Crippen LogP contribution in [0.1, 0.15) is 47.9 Å². The highest BCUT2D eigenvalue weighted by molar-refractivity contribution is 7.09. The summed E-state index contributed by atoms with van der Waals surface area (Å²) in [6, 6.07) is 8.34. The van der Waals surface area contributed by atoms with Gasteiger partial charge < -0.3 is 9.64 Å². The molecule has 0 spiro atoms. The number of thiazole rings is 1. The van der Waals surface area contributed by atoms with Crippen LogP contribution in [0, 0.1) is 0 Å². The molecule has 1 amide bonds. The van der Waals surface area contributed by atoms with Gasteiger partial charge in [-0.3, -0.25) is 9.59 Å². The fourth-order valence-corrected chi connectivity index (χ4v) is 4.37. The fraction of sp³-hybridized carbons (Fsp3) is 0.421. The predicted molar refractivity (Wildman–Crippen MR) is 93.9 cm³/mol. The Bertz CT molecular complexity index is 775. The van der Waals surface area contributed by atoms with Crippen LogP contribution in [-0.2, 0) is 27.3 Å². The van der Waals surface area contributed by atoms with Gasteiger partial charge >= 0.3 is 5.97 Å². The van der Waals surface area contributed by atoms with Crippen molar-refractivity contribution in [2.24, 2.45) is 0 Å². The molecule has 1 aromatic carbocycles. The number of aromatic nitrogens is 1. The first-order valence-electron chi connectivity index (χ1n) is 8.68. The van der Waals surface area contributed by atoms with Crippen molar-refractivity contribution >= 4 is 23.2 Å². The zero-order chi connectivity index (χ0) is 17.2. The van der Waals surface area contributed by atoms with Gasteiger partial charge in [-0.2, -0.15) is 0 Å². The Balaban J connectivity index is 1.66. The van der Waals surface area contributed by atoms with Gasteiger partial charge in [-0.15, -0.1) is 11.3 Å². The highest BCUT2D eigenvalue weighted by Crippen LogP contribution is 2.36. The molecule has 0 saturated carbocycles. The maximum absolute atomic E-state index is 13.2. The van der Waals surface area contributed by atoms with Crippen molar-refractivity contribution in [3.63, 3.8) is 0 Å². The average Bonchev–Trinajstić information content (AvgIpc) is 3.30. The Morgan fingerprint density at radius 2 is 2.16 bits per heavy atom. The molecule has 130 valence electrons. The molecule has 1 saturated heterocycles. The number of ether oxygens (including phenoxy) is 1. The minimum absolute atomic E-state index is 0.0145. The van der Waals surface area contributed by atoms with Gasteiger partial charge in [0.15, 0.2) is 6.10 Å². The minimum Gasteiger partial charge on any atom is -0.452 e. The summed E-state index contributed by atoms with van der Waals surface area (Å²) in [5.41, 5.74) is 2.52. The number of esters is 1. The predicted octanol–water partition coefficient (Wildman–Crippen LogP) is 3.25. The molecular weight excluding hydrogens is 336 g/mol. The lowest BCUT2D eigenvalue weighted by molar-refractivity contribution is -0.155. The van der Waals surface area contributed by atoms with E-state index in [-0.39, 0.29) is 17.9 Å². The number of cyclic esters (lactones) is 1. The van der Waals surface area contributed by atoms with Crippen molar-refractivity contribution in [3.8, 4) is 0 Å². The van der Waals surface area contributed by atoms with Crippen molar-refractivity contribution in [2.75, 3.05) is 0 Å². The van der Waals surface area contributed by atoms with Gasteiger partial charge in [-0.1, -0.05) is 24.3 Å². The first-order valence-corrected chi connectivity index (χ1v) is 9.56. The van der Waals surface area contributed by atoms with E-state index in [1.165, 1.54) is 11.1 Å². The molecule has 2 atom stereocenters. The second kappa shape index (κ2) is 6.96. The van der Waals surface area contributed by atoms with Gasteiger partial charge in [-0.05, 0) is 30.4 Å². The normalized spacial score (nSPS) is 22.3. The maximum atomic E-state index is 13.2. The lowest BCUT2D eigenvalue weighted by Crippen LogP contribution is -2.42. The summed E-state index contributed by atoms with van der Waals surface area (Å²) in [7, 11) is 0. The molecule has 6 heteroatoms. The Hall–Kier alpha value is -2.21. The Labute approximate surface area is 150 Å². The number of fused-ring (bicyclic) bond motifs is 1. The standard InChI is InChI=1S/C19H20N2O3S/c22-18-9-8-16(24-18)19(23)21(12-17-20-10-11-25-17)15-7-3-5-13-4-1-2-6-14(13)15/h1-2,4,6,10-11,15-16H,3,5,7-9,12H2/t15-,16+/m1/s1. The van der Waals surface area contributed by atoms with E-state index in [2.05, 4.69) is 17.1 Å². The van der Waals surface area contributed by atoms with E-state index in [0.29, 0.717) is 19.4 Å². The number of nitrogens with zero attached hydrogens (tertiary/aromatic N) is 2. The molecule has 0 bridgehead atoms. The number of carbonyl (C=O) groups is 2. The van der Waals surface area contributed by atoms with Gasteiger partial charge in [0.25, 0.3) is 5.91 Å². The van der Waals surface area contributed by atoms with Gasteiger partial charge in [0.1, 0.15) is 5.01 Å². The van der Waals surface area contributed by atoms with Gasteiger partial charge in [0.05, 0.1) is 12.6 Å². The molecule has 4 rings (SSSR count). The summed E-state index contributed by atoms with van der Waals surface area (Å²) in [5.74, 6) is -0.376. The van der Waals surface area contributed by atoms with Crippen LogP contribution in [-0.4, -0.2) is 27.9 Å². The van der Waals surface area contributed by atoms with E-state index in [0.717, 1.165) is 24.3 Å².